The van der Waals surface area contributed by atoms with Crippen LogP contribution in [0.4, 0.5) is 0 Å². The van der Waals surface area contributed by atoms with Crippen molar-refractivity contribution in [3.8, 4) is 5.75 Å². The highest BCUT2D eigenvalue weighted by Crippen LogP contribution is 2.24. The summed E-state index contributed by atoms with van der Waals surface area (Å²) < 4.78 is 11.3. The first kappa shape index (κ1) is 18.3. The molecule has 0 spiro atoms. The number of carboxylic acids is 1. The molecule has 1 aromatic heterocycles. The van der Waals surface area contributed by atoms with Gasteiger partial charge in [0.2, 0.25) is 0 Å². The molecule has 0 bridgehead atoms. The van der Waals surface area contributed by atoms with Crippen LogP contribution in [0.5, 0.6) is 5.75 Å². The normalized spacial score (nSPS) is 17.8. The summed E-state index contributed by atoms with van der Waals surface area (Å²) in [4.78, 5) is 22.0. The lowest BCUT2D eigenvalue weighted by Gasteiger charge is -2.32. The Morgan fingerprint density at radius 1 is 1.31 bits per heavy atom. The Labute approximate surface area is 152 Å². The van der Waals surface area contributed by atoms with Crippen molar-refractivity contribution in [1.29, 1.82) is 0 Å². The van der Waals surface area contributed by atoms with Gasteiger partial charge in [-0.2, -0.15) is 0 Å². The van der Waals surface area contributed by atoms with Gasteiger partial charge in [-0.05, 0) is 26.0 Å². The molecule has 7 nitrogen and oxygen atoms in total. The van der Waals surface area contributed by atoms with Crippen LogP contribution >= 0.6 is 0 Å². The summed E-state index contributed by atoms with van der Waals surface area (Å²) in [6, 6.07) is 9.46. The summed E-state index contributed by atoms with van der Waals surface area (Å²) in [7, 11) is 0. The Balaban J connectivity index is 1.70. The van der Waals surface area contributed by atoms with Gasteiger partial charge >= 0.3 is 5.97 Å². The Morgan fingerprint density at radius 3 is 2.77 bits per heavy atom. The number of benzene rings is 1. The zero-order valence-corrected chi connectivity index (χ0v) is 15.0. The van der Waals surface area contributed by atoms with E-state index in [2.05, 4.69) is 14.9 Å². The predicted molar refractivity (Wildman–Crippen MR) is 95.0 cm³/mol. The molecule has 1 aliphatic heterocycles. The van der Waals surface area contributed by atoms with Gasteiger partial charge in [0.05, 0.1) is 6.61 Å². The second-order valence-electron chi connectivity index (χ2n) is 6.39. The molecule has 7 heteroatoms. The molecule has 1 aromatic carbocycles. The summed E-state index contributed by atoms with van der Waals surface area (Å²) >= 11 is 0. The number of nitrogens with zero attached hydrogens (tertiary/aromatic N) is 3. The van der Waals surface area contributed by atoms with Crippen molar-refractivity contribution in [3.63, 3.8) is 0 Å². The molecular formula is C19H23N3O4. The van der Waals surface area contributed by atoms with Gasteiger partial charge in [-0.15, -0.1) is 0 Å². The van der Waals surface area contributed by atoms with Gasteiger partial charge in [0, 0.05) is 36.6 Å². The summed E-state index contributed by atoms with van der Waals surface area (Å²) in [6.07, 6.45) is -0.172. The number of carbonyl (C=O) groups is 1. The molecule has 1 N–H and O–H groups in total. The molecule has 1 atom stereocenters. The van der Waals surface area contributed by atoms with Gasteiger partial charge in [0.25, 0.3) is 0 Å². The third kappa shape index (κ3) is 4.77. The number of aliphatic carboxylic acids is 1. The van der Waals surface area contributed by atoms with E-state index in [0.717, 1.165) is 23.5 Å². The minimum Gasteiger partial charge on any atom is -0.482 e. The van der Waals surface area contributed by atoms with Crippen LogP contribution in [0.3, 0.4) is 0 Å². The molecule has 0 amide bonds. The molecule has 0 saturated carbocycles. The van der Waals surface area contributed by atoms with Crippen molar-refractivity contribution in [3.05, 3.63) is 53.1 Å². The van der Waals surface area contributed by atoms with Gasteiger partial charge in [-0.3, -0.25) is 4.90 Å². The molecule has 3 rings (SSSR count). The maximum absolute atomic E-state index is 10.8. The highest BCUT2D eigenvalue weighted by Gasteiger charge is 2.25. The fraction of sp³-hybridized carbons (Fsp3) is 0.421. The summed E-state index contributed by atoms with van der Waals surface area (Å²) in [5.74, 6) is 0.321. The van der Waals surface area contributed by atoms with Crippen LogP contribution < -0.4 is 4.74 Å². The number of aromatic nitrogens is 2. The Bertz CT molecular complexity index is 761. The lowest BCUT2D eigenvalue weighted by atomic mass is 10.1. The van der Waals surface area contributed by atoms with Crippen molar-refractivity contribution >= 4 is 5.97 Å². The van der Waals surface area contributed by atoms with Crippen LogP contribution in [0, 0.1) is 13.8 Å². The van der Waals surface area contributed by atoms with Crippen LogP contribution in [0.15, 0.2) is 30.3 Å². The van der Waals surface area contributed by atoms with Crippen LogP contribution in [0.2, 0.25) is 0 Å². The third-order valence-corrected chi connectivity index (χ3v) is 4.16. The van der Waals surface area contributed by atoms with Gasteiger partial charge < -0.3 is 14.6 Å². The first-order valence-corrected chi connectivity index (χ1v) is 8.60. The number of rotatable bonds is 6. The molecule has 26 heavy (non-hydrogen) atoms. The number of morpholine rings is 1. The van der Waals surface area contributed by atoms with Crippen molar-refractivity contribution < 1.29 is 19.4 Å². The van der Waals surface area contributed by atoms with E-state index >= 15 is 0 Å². The van der Waals surface area contributed by atoms with Gasteiger partial charge in [0.15, 0.2) is 12.4 Å². The van der Waals surface area contributed by atoms with E-state index in [9.17, 15) is 4.79 Å². The number of ether oxygens (including phenoxy) is 2. The fourth-order valence-corrected chi connectivity index (χ4v) is 3.06. The van der Waals surface area contributed by atoms with Gasteiger partial charge in [0.1, 0.15) is 11.9 Å². The summed E-state index contributed by atoms with van der Waals surface area (Å²) in [6.45, 7) is 6.27. The van der Waals surface area contributed by atoms with E-state index in [1.165, 1.54) is 0 Å². The molecule has 1 aliphatic rings. The lowest BCUT2D eigenvalue weighted by molar-refractivity contribution is -0.139. The summed E-state index contributed by atoms with van der Waals surface area (Å²) in [5, 5.41) is 8.83. The van der Waals surface area contributed by atoms with Crippen LogP contribution in [0.25, 0.3) is 0 Å². The van der Waals surface area contributed by atoms with Crippen LogP contribution in [0.1, 0.15) is 28.9 Å². The summed E-state index contributed by atoms with van der Waals surface area (Å²) in [5.41, 5.74) is 2.82. The molecule has 2 aromatic rings. The van der Waals surface area contributed by atoms with Crippen LogP contribution in [-0.4, -0.2) is 52.2 Å². The van der Waals surface area contributed by atoms with E-state index < -0.39 is 5.97 Å². The number of aryl methyl sites for hydroxylation is 2. The smallest absolute Gasteiger partial charge is 0.341 e. The highest BCUT2D eigenvalue weighted by molar-refractivity contribution is 5.68. The van der Waals surface area contributed by atoms with E-state index in [-0.39, 0.29) is 12.7 Å². The monoisotopic (exact) mass is 357 g/mol. The average Bonchev–Trinajstić information content (AvgIpc) is 2.60. The third-order valence-electron chi connectivity index (χ3n) is 4.16. The number of hydrogen-bond acceptors (Lipinski definition) is 6. The molecular weight excluding hydrogens is 334 g/mol. The lowest BCUT2D eigenvalue weighted by Crippen LogP contribution is -2.38. The SMILES string of the molecule is Cc1cc(C)nc([C@H]2CN(Cc3ccccc3OCC(=O)O)CCO2)n1. The van der Waals surface area contributed by atoms with E-state index in [4.69, 9.17) is 14.6 Å². The molecule has 0 unspecified atom stereocenters. The molecule has 0 aliphatic carbocycles. The standard InChI is InChI=1S/C19H23N3O4/c1-13-9-14(2)21-19(20-13)17-11-22(7-8-25-17)10-15-5-3-4-6-16(15)26-12-18(23)24/h3-6,9,17H,7-8,10-12H2,1-2H3,(H,23,24)/t17-/m1/s1. The van der Waals surface area contributed by atoms with Crippen molar-refractivity contribution in [2.45, 2.75) is 26.5 Å². The van der Waals surface area contributed by atoms with Crippen molar-refractivity contribution in [2.75, 3.05) is 26.3 Å². The molecule has 2 heterocycles. The minimum absolute atomic E-state index is 0.172. The molecule has 0 radical (unpaired) electrons. The van der Waals surface area contributed by atoms with E-state index in [1.807, 2.05) is 38.1 Å². The zero-order chi connectivity index (χ0) is 18.5. The van der Waals surface area contributed by atoms with E-state index in [1.54, 1.807) is 6.07 Å². The largest absolute Gasteiger partial charge is 0.482 e. The average molecular weight is 357 g/mol. The fourth-order valence-electron chi connectivity index (χ4n) is 3.06. The first-order chi connectivity index (χ1) is 12.5. The Kier molecular flexibility index (Phi) is 5.80. The molecule has 1 fully saturated rings. The van der Waals surface area contributed by atoms with Crippen molar-refractivity contribution in [1.82, 2.24) is 14.9 Å². The van der Waals surface area contributed by atoms with Gasteiger partial charge in [-0.1, -0.05) is 18.2 Å². The molecule has 1 saturated heterocycles. The number of carboxylic acid groups (broad SMARTS) is 1. The van der Waals surface area contributed by atoms with Crippen molar-refractivity contribution in [2.24, 2.45) is 0 Å². The second-order valence-corrected chi connectivity index (χ2v) is 6.39. The topological polar surface area (TPSA) is 84.8 Å². The maximum atomic E-state index is 10.8. The zero-order valence-electron chi connectivity index (χ0n) is 15.0. The molecule has 138 valence electrons. The minimum atomic E-state index is -0.988. The predicted octanol–water partition coefficient (Wildman–Crippen LogP) is 2.13. The maximum Gasteiger partial charge on any atom is 0.341 e. The van der Waals surface area contributed by atoms with E-state index in [0.29, 0.717) is 31.3 Å². The number of hydrogen-bond donors (Lipinski definition) is 1. The Hall–Kier alpha value is -2.51. The Morgan fingerprint density at radius 2 is 2.04 bits per heavy atom. The quantitative estimate of drug-likeness (QED) is 0.848. The van der Waals surface area contributed by atoms with Crippen LogP contribution in [-0.2, 0) is 16.1 Å². The first-order valence-electron chi connectivity index (χ1n) is 8.60. The second kappa shape index (κ2) is 8.25. The van der Waals surface area contributed by atoms with Gasteiger partial charge in [-0.25, -0.2) is 14.8 Å². The number of para-hydroxylation sites is 1. The highest BCUT2D eigenvalue weighted by atomic mass is 16.5.